The van der Waals surface area contributed by atoms with Gasteiger partial charge < -0.3 is 9.47 Å². The monoisotopic (exact) mass is 360 g/mol. The SMILES string of the molecule is CN(C)C(CNS(=O)(=O)c1ncn(C)c1Cl)c1cccc(F)c1. The van der Waals surface area contributed by atoms with Crippen LogP contribution in [-0.4, -0.2) is 43.5 Å². The second kappa shape index (κ2) is 6.96. The van der Waals surface area contributed by atoms with E-state index in [1.165, 1.54) is 23.0 Å². The Morgan fingerprint density at radius 2 is 2.13 bits per heavy atom. The number of nitrogens with zero attached hydrogens (tertiary/aromatic N) is 3. The van der Waals surface area contributed by atoms with Crippen LogP contribution in [0.25, 0.3) is 0 Å². The van der Waals surface area contributed by atoms with E-state index < -0.39 is 10.0 Å². The molecule has 0 fully saturated rings. The highest BCUT2D eigenvalue weighted by molar-refractivity contribution is 7.89. The highest BCUT2D eigenvalue weighted by Gasteiger charge is 2.24. The predicted molar refractivity (Wildman–Crippen MR) is 86.2 cm³/mol. The van der Waals surface area contributed by atoms with Crippen LogP contribution in [0, 0.1) is 5.82 Å². The summed E-state index contributed by atoms with van der Waals surface area (Å²) in [5.41, 5.74) is 0.671. The molecule has 0 aliphatic rings. The molecule has 9 heteroatoms. The Labute approximate surface area is 139 Å². The Morgan fingerprint density at radius 1 is 1.43 bits per heavy atom. The smallest absolute Gasteiger partial charge is 0.261 e. The molecule has 2 aromatic rings. The predicted octanol–water partition coefficient (Wildman–Crippen LogP) is 1.79. The van der Waals surface area contributed by atoms with Gasteiger partial charge >= 0.3 is 0 Å². The Hall–Kier alpha value is -1.48. The minimum atomic E-state index is -3.85. The first-order valence-corrected chi connectivity index (χ1v) is 8.67. The Balaban J connectivity index is 2.20. The Bertz CT molecular complexity index is 792. The highest BCUT2D eigenvalue weighted by atomic mass is 35.5. The van der Waals surface area contributed by atoms with Gasteiger partial charge in [0.25, 0.3) is 10.0 Å². The fourth-order valence-corrected chi connectivity index (χ4v) is 3.61. The molecule has 0 amide bonds. The second-order valence-corrected chi connectivity index (χ2v) is 7.38. The van der Waals surface area contributed by atoms with E-state index in [0.29, 0.717) is 5.56 Å². The molecule has 2 rings (SSSR count). The molecule has 0 radical (unpaired) electrons. The van der Waals surface area contributed by atoms with Crippen molar-refractivity contribution in [3.63, 3.8) is 0 Å². The molecule has 0 saturated carbocycles. The van der Waals surface area contributed by atoms with Gasteiger partial charge in [0.2, 0.25) is 5.03 Å². The molecule has 1 unspecified atom stereocenters. The lowest BCUT2D eigenvalue weighted by molar-refractivity contribution is 0.298. The number of imidazole rings is 1. The standard InChI is InChI=1S/C14H18ClFN4O2S/c1-19(2)12(10-5-4-6-11(16)7-10)8-18-23(21,22)14-13(15)20(3)9-17-14/h4-7,9,12,18H,8H2,1-3H3. The summed E-state index contributed by atoms with van der Waals surface area (Å²) < 4.78 is 41.9. The molecule has 1 atom stereocenters. The number of halogens is 2. The summed E-state index contributed by atoms with van der Waals surface area (Å²) in [6.07, 6.45) is 1.33. The number of hydrogen-bond acceptors (Lipinski definition) is 4. The van der Waals surface area contributed by atoms with Gasteiger partial charge in [-0.1, -0.05) is 23.7 Å². The molecule has 1 aromatic heterocycles. The number of likely N-dealkylation sites (N-methyl/N-ethyl adjacent to an activating group) is 1. The third-order valence-electron chi connectivity index (χ3n) is 3.41. The van der Waals surface area contributed by atoms with Crippen molar-refractivity contribution < 1.29 is 12.8 Å². The van der Waals surface area contributed by atoms with Gasteiger partial charge in [-0.25, -0.2) is 22.5 Å². The highest BCUT2D eigenvalue weighted by Crippen LogP contribution is 2.21. The van der Waals surface area contributed by atoms with Crippen molar-refractivity contribution in [3.05, 3.63) is 47.1 Å². The maximum absolute atomic E-state index is 13.4. The zero-order valence-corrected chi connectivity index (χ0v) is 14.6. The van der Waals surface area contributed by atoms with Crippen molar-refractivity contribution in [1.29, 1.82) is 0 Å². The molecular formula is C14H18ClFN4O2S. The lowest BCUT2D eigenvalue weighted by Gasteiger charge is -2.25. The molecule has 1 heterocycles. The van der Waals surface area contributed by atoms with Crippen LogP contribution >= 0.6 is 11.6 Å². The van der Waals surface area contributed by atoms with Crippen LogP contribution in [0.4, 0.5) is 4.39 Å². The number of sulfonamides is 1. The van der Waals surface area contributed by atoms with Gasteiger partial charge in [-0.3, -0.25) is 0 Å². The summed E-state index contributed by atoms with van der Waals surface area (Å²) in [6, 6.07) is 5.73. The van der Waals surface area contributed by atoms with Gasteiger partial charge in [0.15, 0.2) is 0 Å². The molecule has 1 N–H and O–H groups in total. The summed E-state index contributed by atoms with van der Waals surface area (Å²) >= 11 is 5.93. The summed E-state index contributed by atoms with van der Waals surface area (Å²) in [5, 5.41) is -0.192. The first-order valence-electron chi connectivity index (χ1n) is 6.80. The van der Waals surface area contributed by atoms with E-state index in [4.69, 9.17) is 11.6 Å². The van der Waals surface area contributed by atoms with E-state index in [9.17, 15) is 12.8 Å². The van der Waals surface area contributed by atoms with Gasteiger partial charge in [0, 0.05) is 19.6 Å². The minimum Gasteiger partial charge on any atom is -0.324 e. The second-order valence-electron chi connectivity index (χ2n) is 5.34. The maximum atomic E-state index is 13.4. The number of nitrogens with one attached hydrogen (secondary N) is 1. The van der Waals surface area contributed by atoms with Gasteiger partial charge in [-0.2, -0.15) is 0 Å². The number of rotatable bonds is 6. The summed E-state index contributed by atoms with van der Waals surface area (Å²) in [4.78, 5) is 5.61. The van der Waals surface area contributed by atoms with Crippen LogP contribution in [0.2, 0.25) is 5.15 Å². The van der Waals surface area contributed by atoms with Crippen molar-refractivity contribution in [1.82, 2.24) is 19.2 Å². The maximum Gasteiger partial charge on any atom is 0.261 e. The quantitative estimate of drug-likeness (QED) is 0.853. The molecule has 0 spiro atoms. The number of hydrogen-bond donors (Lipinski definition) is 1. The molecule has 0 aliphatic carbocycles. The number of aromatic nitrogens is 2. The Kier molecular flexibility index (Phi) is 5.41. The molecule has 0 aliphatic heterocycles. The summed E-state index contributed by atoms with van der Waals surface area (Å²) in [7, 11) is 1.33. The first-order chi connectivity index (χ1) is 10.7. The summed E-state index contributed by atoms with van der Waals surface area (Å²) in [5.74, 6) is -0.370. The minimum absolute atomic E-state index is 0.0321. The Morgan fingerprint density at radius 3 is 2.65 bits per heavy atom. The van der Waals surface area contributed by atoms with Crippen molar-refractivity contribution in [2.45, 2.75) is 11.1 Å². The fraction of sp³-hybridized carbons (Fsp3) is 0.357. The van der Waals surface area contributed by atoms with Crippen LogP contribution in [0.15, 0.2) is 35.6 Å². The third-order valence-corrected chi connectivity index (χ3v) is 5.32. The van der Waals surface area contributed by atoms with Crippen molar-refractivity contribution in [2.24, 2.45) is 7.05 Å². The topological polar surface area (TPSA) is 67.2 Å². The van der Waals surface area contributed by atoms with Crippen LogP contribution in [0.3, 0.4) is 0 Å². The van der Waals surface area contributed by atoms with Gasteiger partial charge in [-0.15, -0.1) is 0 Å². The lowest BCUT2D eigenvalue weighted by atomic mass is 10.1. The van der Waals surface area contributed by atoms with Crippen molar-refractivity contribution in [2.75, 3.05) is 20.6 Å². The van der Waals surface area contributed by atoms with Crippen molar-refractivity contribution >= 4 is 21.6 Å². The van der Waals surface area contributed by atoms with Gasteiger partial charge in [0.1, 0.15) is 11.0 Å². The molecule has 6 nitrogen and oxygen atoms in total. The molecule has 0 saturated heterocycles. The number of aryl methyl sites for hydroxylation is 1. The van der Waals surface area contributed by atoms with Crippen LogP contribution in [-0.2, 0) is 17.1 Å². The zero-order chi connectivity index (χ0) is 17.2. The molecular weight excluding hydrogens is 343 g/mol. The average Bonchev–Trinajstić information content (AvgIpc) is 2.79. The largest absolute Gasteiger partial charge is 0.324 e. The van der Waals surface area contributed by atoms with E-state index in [1.54, 1.807) is 38.2 Å². The van der Waals surface area contributed by atoms with E-state index in [1.807, 2.05) is 0 Å². The third kappa shape index (κ3) is 4.08. The lowest BCUT2D eigenvalue weighted by Crippen LogP contribution is -2.34. The first kappa shape index (κ1) is 17.9. The van der Waals surface area contributed by atoms with Gasteiger partial charge in [0.05, 0.1) is 6.33 Å². The van der Waals surface area contributed by atoms with E-state index in [0.717, 1.165) is 0 Å². The van der Waals surface area contributed by atoms with Gasteiger partial charge in [-0.05, 0) is 31.8 Å². The normalized spacial score (nSPS) is 13.5. The fourth-order valence-electron chi connectivity index (χ4n) is 2.14. The van der Waals surface area contributed by atoms with Crippen LogP contribution < -0.4 is 4.72 Å². The molecule has 0 bridgehead atoms. The van der Waals surface area contributed by atoms with E-state index in [2.05, 4.69) is 9.71 Å². The van der Waals surface area contributed by atoms with Crippen LogP contribution in [0.1, 0.15) is 11.6 Å². The average molecular weight is 361 g/mol. The summed E-state index contributed by atoms with van der Waals surface area (Å²) in [6.45, 7) is 0.0612. The van der Waals surface area contributed by atoms with E-state index in [-0.39, 0.29) is 28.6 Å². The zero-order valence-electron chi connectivity index (χ0n) is 13.0. The molecule has 23 heavy (non-hydrogen) atoms. The number of benzene rings is 1. The van der Waals surface area contributed by atoms with Crippen molar-refractivity contribution in [3.8, 4) is 0 Å². The molecule has 1 aromatic carbocycles. The molecule has 126 valence electrons. The van der Waals surface area contributed by atoms with Crippen LogP contribution in [0.5, 0.6) is 0 Å². The van der Waals surface area contributed by atoms with E-state index >= 15 is 0 Å².